The van der Waals surface area contributed by atoms with E-state index in [-0.39, 0.29) is 0 Å². The monoisotopic (exact) mass is 376 g/mol. The number of carbonyl (C=O) groups is 1. The van der Waals surface area contributed by atoms with Crippen molar-refractivity contribution in [3.63, 3.8) is 0 Å². The van der Waals surface area contributed by atoms with Gasteiger partial charge < -0.3 is 14.6 Å². The topological polar surface area (TPSA) is 62.2 Å². The largest absolute Gasteiger partial charge is 0.493 e. The van der Waals surface area contributed by atoms with Gasteiger partial charge in [0.1, 0.15) is 0 Å². The number of nitrogens with zero attached hydrogens (tertiary/aromatic N) is 2. The Balaban J connectivity index is 1.68. The maximum Gasteiger partial charge on any atom is 0.344 e. The minimum atomic E-state index is -0.978. The maximum absolute atomic E-state index is 11.2. The molecule has 0 bridgehead atoms. The van der Waals surface area contributed by atoms with E-state index in [2.05, 4.69) is 9.80 Å². The van der Waals surface area contributed by atoms with E-state index >= 15 is 0 Å². The lowest BCUT2D eigenvalue weighted by Crippen LogP contribution is -2.36. The zero-order chi connectivity index (χ0) is 19.2. The Morgan fingerprint density at radius 3 is 2.67 bits per heavy atom. The minimum Gasteiger partial charge on any atom is -0.493 e. The minimum absolute atomic E-state index is 0.548. The molecular weight excluding hydrogens is 344 g/mol. The Morgan fingerprint density at radius 2 is 1.96 bits per heavy atom. The molecule has 1 saturated heterocycles. The first-order valence-electron chi connectivity index (χ1n) is 10.1. The van der Waals surface area contributed by atoms with Crippen LogP contribution in [-0.4, -0.2) is 66.3 Å². The summed E-state index contributed by atoms with van der Waals surface area (Å²) in [6, 6.07) is 6.54. The van der Waals surface area contributed by atoms with Gasteiger partial charge in [0.15, 0.2) is 17.6 Å². The van der Waals surface area contributed by atoms with Crippen LogP contribution in [-0.2, 0) is 11.3 Å². The highest BCUT2D eigenvalue weighted by atomic mass is 16.5. The number of carboxylic acid groups (broad SMARTS) is 1. The van der Waals surface area contributed by atoms with Crippen LogP contribution in [0.15, 0.2) is 18.2 Å². The maximum atomic E-state index is 11.2. The van der Waals surface area contributed by atoms with E-state index in [0.29, 0.717) is 11.5 Å². The third-order valence-corrected chi connectivity index (χ3v) is 5.78. The second-order valence-electron chi connectivity index (χ2n) is 7.65. The van der Waals surface area contributed by atoms with Crippen molar-refractivity contribution in [2.75, 3.05) is 33.3 Å². The molecule has 1 heterocycles. The molecule has 2 aliphatic rings. The molecule has 1 aliphatic carbocycles. The van der Waals surface area contributed by atoms with E-state index in [1.54, 1.807) is 14.0 Å². The molecule has 1 N–H and O–H groups in total. The number of aliphatic carboxylic acids is 1. The van der Waals surface area contributed by atoms with E-state index < -0.39 is 12.1 Å². The zero-order valence-electron chi connectivity index (χ0n) is 16.5. The predicted molar refractivity (Wildman–Crippen MR) is 104 cm³/mol. The van der Waals surface area contributed by atoms with Gasteiger partial charge in [-0.25, -0.2) is 4.79 Å². The molecule has 1 aliphatic heterocycles. The summed E-state index contributed by atoms with van der Waals surface area (Å²) in [4.78, 5) is 16.3. The van der Waals surface area contributed by atoms with Gasteiger partial charge in [0.25, 0.3) is 0 Å². The van der Waals surface area contributed by atoms with Crippen molar-refractivity contribution in [3.05, 3.63) is 23.8 Å². The molecular formula is C21H32N2O4. The normalized spacial score (nSPS) is 21.0. The molecule has 0 unspecified atom stereocenters. The Labute approximate surface area is 162 Å². The van der Waals surface area contributed by atoms with Crippen LogP contribution in [0.4, 0.5) is 0 Å². The number of hydrogen-bond acceptors (Lipinski definition) is 5. The molecule has 6 nitrogen and oxygen atoms in total. The molecule has 1 saturated carbocycles. The highest BCUT2D eigenvalue weighted by Gasteiger charge is 2.25. The molecule has 150 valence electrons. The molecule has 0 amide bonds. The second-order valence-corrected chi connectivity index (χ2v) is 7.65. The molecule has 0 radical (unpaired) electrons. The van der Waals surface area contributed by atoms with E-state index in [1.807, 2.05) is 18.2 Å². The molecule has 1 aromatic rings. The Hall–Kier alpha value is -1.79. The predicted octanol–water partition coefficient (Wildman–Crippen LogP) is 3.00. The third kappa shape index (κ3) is 5.14. The number of benzene rings is 1. The van der Waals surface area contributed by atoms with E-state index in [4.69, 9.17) is 9.47 Å². The van der Waals surface area contributed by atoms with E-state index in [1.165, 1.54) is 38.6 Å². The van der Waals surface area contributed by atoms with E-state index in [0.717, 1.165) is 37.8 Å². The van der Waals surface area contributed by atoms with Crippen molar-refractivity contribution < 1.29 is 19.4 Å². The van der Waals surface area contributed by atoms with Crippen LogP contribution >= 0.6 is 0 Å². The quantitative estimate of drug-likeness (QED) is 0.789. The van der Waals surface area contributed by atoms with Crippen molar-refractivity contribution in [2.24, 2.45) is 0 Å². The summed E-state index contributed by atoms with van der Waals surface area (Å²) in [6.07, 6.45) is 5.69. The number of ether oxygens (including phenoxy) is 2. The fourth-order valence-electron chi connectivity index (χ4n) is 4.23. The van der Waals surface area contributed by atoms with Gasteiger partial charge in [-0.1, -0.05) is 25.0 Å². The lowest BCUT2D eigenvalue weighted by molar-refractivity contribution is -0.144. The SMILES string of the molecule is COc1cccc(CN2CCCN(C3CCCC3)CC2)c1O[C@H](C)C(=O)O. The van der Waals surface area contributed by atoms with Gasteiger partial charge in [-0.3, -0.25) is 9.80 Å². The fraction of sp³-hybridized carbons (Fsp3) is 0.667. The first-order chi connectivity index (χ1) is 13.1. The molecule has 1 aromatic carbocycles. The Bertz CT molecular complexity index is 631. The lowest BCUT2D eigenvalue weighted by atomic mass is 10.1. The van der Waals surface area contributed by atoms with Crippen LogP contribution < -0.4 is 9.47 Å². The lowest BCUT2D eigenvalue weighted by Gasteiger charge is -2.27. The summed E-state index contributed by atoms with van der Waals surface area (Å²) in [5.41, 5.74) is 0.983. The number of carboxylic acids is 1. The standard InChI is InChI=1S/C21H32N2O4/c1-16(21(24)25)27-20-17(7-5-10-19(20)26-2)15-22-11-6-12-23(14-13-22)18-8-3-4-9-18/h5,7,10,16,18H,3-4,6,8-9,11-15H2,1-2H3,(H,24,25)/t16-/m1/s1. The number of rotatable bonds is 7. The summed E-state index contributed by atoms with van der Waals surface area (Å²) in [6.45, 7) is 6.66. The summed E-state index contributed by atoms with van der Waals surface area (Å²) in [7, 11) is 1.59. The van der Waals surface area contributed by atoms with Crippen LogP contribution in [0.3, 0.4) is 0 Å². The third-order valence-electron chi connectivity index (χ3n) is 5.78. The summed E-state index contributed by atoms with van der Waals surface area (Å²) in [5, 5.41) is 9.21. The highest BCUT2D eigenvalue weighted by molar-refractivity contribution is 5.72. The van der Waals surface area contributed by atoms with Crippen molar-refractivity contribution in [2.45, 2.75) is 57.7 Å². The smallest absolute Gasteiger partial charge is 0.344 e. The summed E-state index contributed by atoms with van der Waals surface area (Å²) < 4.78 is 11.2. The average molecular weight is 376 g/mol. The zero-order valence-corrected chi connectivity index (χ0v) is 16.5. The van der Waals surface area contributed by atoms with Gasteiger partial charge >= 0.3 is 5.97 Å². The molecule has 6 heteroatoms. The summed E-state index contributed by atoms with van der Waals surface area (Å²) in [5.74, 6) is 0.156. The van der Waals surface area contributed by atoms with Crippen LogP contribution in [0, 0.1) is 0 Å². The molecule has 0 aromatic heterocycles. The van der Waals surface area contributed by atoms with Crippen molar-refractivity contribution in [1.29, 1.82) is 0 Å². The molecule has 27 heavy (non-hydrogen) atoms. The molecule has 1 atom stereocenters. The van der Waals surface area contributed by atoms with Crippen LogP contribution in [0.25, 0.3) is 0 Å². The number of methoxy groups -OCH3 is 1. The Kier molecular flexibility index (Phi) is 6.96. The van der Waals surface area contributed by atoms with Crippen LogP contribution in [0.5, 0.6) is 11.5 Å². The van der Waals surface area contributed by atoms with E-state index in [9.17, 15) is 9.90 Å². The molecule has 2 fully saturated rings. The van der Waals surface area contributed by atoms with Crippen LogP contribution in [0.2, 0.25) is 0 Å². The first kappa shape index (κ1) is 20.0. The Morgan fingerprint density at radius 1 is 1.19 bits per heavy atom. The van der Waals surface area contributed by atoms with Gasteiger partial charge in [-0.15, -0.1) is 0 Å². The molecule has 3 rings (SSSR count). The van der Waals surface area contributed by atoms with Crippen LogP contribution in [0.1, 0.15) is 44.6 Å². The van der Waals surface area contributed by atoms with Crippen molar-refractivity contribution in [3.8, 4) is 11.5 Å². The van der Waals surface area contributed by atoms with Gasteiger partial charge in [-0.2, -0.15) is 0 Å². The van der Waals surface area contributed by atoms with Crippen molar-refractivity contribution >= 4 is 5.97 Å². The number of hydrogen-bond donors (Lipinski definition) is 1. The fourth-order valence-corrected chi connectivity index (χ4v) is 4.23. The average Bonchev–Trinajstić information content (AvgIpc) is 3.10. The van der Waals surface area contributed by atoms with Gasteiger partial charge in [0, 0.05) is 31.2 Å². The molecule has 0 spiro atoms. The van der Waals surface area contributed by atoms with Gasteiger partial charge in [0.05, 0.1) is 7.11 Å². The van der Waals surface area contributed by atoms with Crippen molar-refractivity contribution in [1.82, 2.24) is 9.80 Å². The number of para-hydroxylation sites is 1. The first-order valence-corrected chi connectivity index (χ1v) is 10.1. The van der Waals surface area contributed by atoms with Gasteiger partial charge in [0.2, 0.25) is 0 Å². The van der Waals surface area contributed by atoms with Gasteiger partial charge in [-0.05, 0) is 45.3 Å². The highest BCUT2D eigenvalue weighted by Crippen LogP contribution is 2.33. The summed E-state index contributed by atoms with van der Waals surface area (Å²) >= 11 is 0. The second kappa shape index (κ2) is 9.42.